The van der Waals surface area contributed by atoms with Crippen molar-refractivity contribution in [2.75, 3.05) is 5.32 Å². The van der Waals surface area contributed by atoms with Gasteiger partial charge < -0.3 is 11.1 Å². The van der Waals surface area contributed by atoms with Crippen LogP contribution in [0, 0.1) is 18.7 Å². The van der Waals surface area contributed by atoms with Crippen LogP contribution in [0.1, 0.15) is 29.9 Å². The lowest BCUT2D eigenvalue weighted by Crippen LogP contribution is -2.42. The van der Waals surface area contributed by atoms with Gasteiger partial charge in [0.05, 0.1) is 0 Å². The van der Waals surface area contributed by atoms with Crippen LogP contribution in [-0.2, 0) is 5.54 Å². The molecule has 1 saturated carbocycles. The Bertz CT molecular complexity index is 1140. The minimum atomic E-state index is -0.885. The molecule has 0 radical (unpaired) electrons. The van der Waals surface area contributed by atoms with Crippen molar-refractivity contribution in [3.63, 3.8) is 0 Å². The Morgan fingerprint density at radius 2 is 2.04 bits per heavy atom. The first kappa shape index (κ1) is 16.9. The fraction of sp³-hybridized carbons (Fsp3) is 0.250. The van der Waals surface area contributed by atoms with Gasteiger partial charge in [0.25, 0.3) is 0 Å². The minimum absolute atomic E-state index is 0.214. The average Bonchev–Trinajstić information content (AvgIpc) is 3.30. The number of benzene rings is 1. The molecule has 4 N–H and O–H groups in total. The summed E-state index contributed by atoms with van der Waals surface area (Å²) in [5.74, 6) is 1.71. The Hall–Kier alpha value is -3.26. The number of anilines is 2. The molecule has 28 heavy (non-hydrogen) atoms. The summed E-state index contributed by atoms with van der Waals surface area (Å²) in [6.45, 7) is 1.93. The van der Waals surface area contributed by atoms with Gasteiger partial charge in [-0.1, -0.05) is 12.1 Å². The normalized spacial score (nSPS) is 16.2. The van der Waals surface area contributed by atoms with Gasteiger partial charge in [0, 0.05) is 18.0 Å². The number of aromatic nitrogens is 5. The Kier molecular flexibility index (Phi) is 3.70. The molecule has 3 aromatic heterocycles. The summed E-state index contributed by atoms with van der Waals surface area (Å²) in [6, 6.07) is 12.0. The van der Waals surface area contributed by atoms with E-state index < -0.39 is 5.54 Å². The maximum Gasteiger partial charge on any atom is 0.176 e. The number of nitrogens with two attached hydrogens (primary N) is 1. The molecule has 1 aliphatic rings. The first-order chi connectivity index (χ1) is 13.5. The summed E-state index contributed by atoms with van der Waals surface area (Å²) >= 11 is 0. The zero-order valence-corrected chi connectivity index (χ0v) is 15.4. The van der Waals surface area contributed by atoms with Crippen LogP contribution in [0.2, 0.25) is 0 Å². The van der Waals surface area contributed by atoms with Crippen LogP contribution in [0.3, 0.4) is 0 Å². The first-order valence-corrected chi connectivity index (χ1v) is 9.24. The topological polar surface area (TPSA) is 96.9 Å². The molecule has 0 spiro atoms. The van der Waals surface area contributed by atoms with Gasteiger partial charge in [0.15, 0.2) is 17.5 Å². The first-order valence-electron chi connectivity index (χ1n) is 9.24. The van der Waals surface area contributed by atoms with Gasteiger partial charge in [-0.3, -0.25) is 5.10 Å². The third-order valence-electron chi connectivity index (χ3n) is 5.26. The lowest BCUT2D eigenvalue weighted by Gasteiger charge is -2.29. The molecule has 1 unspecified atom stereocenters. The molecule has 0 bridgehead atoms. The predicted molar refractivity (Wildman–Crippen MR) is 104 cm³/mol. The van der Waals surface area contributed by atoms with E-state index in [0.717, 1.165) is 29.6 Å². The predicted octanol–water partition coefficient (Wildman–Crippen LogP) is 3.26. The van der Waals surface area contributed by atoms with E-state index in [1.54, 1.807) is 16.6 Å². The smallest absolute Gasteiger partial charge is 0.176 e. The zero-order chi connectivity index (χ0) is 19.3. The van der Waals surface area contributed by atoms with Crippen LogP contribution < -0.4 is 11.1 Å². The highest BCUT2D eigenvalue weighted by Gasteiger charge is 2.47. The van der Waals surface area contributed by atoms with Gasteiger partial charge in [-0.2, -0.15) is 10.2 Å². The Labute approximate surface area is 160 Å². The summed E-state index contributed by atoms with van der Waals surface area (Å²) in [4.78, 5) is 4.79. The molecule has 142 valence electrons. The van der Waals surface area contributed by atoms with Crippen molar-refractivity contribution in [2.24, 2.45) is 11.7 Å². The molecule has 8 heteroatoms. The second-order valence-electron chi connectivity index (χ2n) is 7.33. The molecule has 4 aromatic rings. The number of rotatable bonds is 5. The Morgan fingerprint density at radius 1 is 1.25 bits per heavy atom. The number of nitrogens with zero attached hydrogens (tertiary/aromatic N) is 4. The van der Waals surface area contributed by atoms with Gasteiger partial charge in [-0.25, -0.2) is 13.9 Å². The lowest BCUT2D eigenvalue weighted by atomic mass is 9.85. The summed E-state index contributed by atoms with van der Waals surface area (Å²) in [5.41, 5.74) is 8.60. The van der Waals surface area contributed by atoms with E-state index in [4.69, 9.17) is 15.8 Å². The molecule has 0 saturated heterocycles. The largest absolute Gasteiger partial charge is 0.322 e. The molecular formula is C20H20FN7. The highest BCUT2D eigenvalue weighted by Crippen LogP contribution is 2.47. The van der Waals surface area contributed by atoms with Crippen molar-refractivity contribution in [1.82, 2.24) is 24.8 Å². The molecule has 1 aromatic carbocycles. The quantitative estimate of drug-likeness (QED) is 0.496. The van der Waals surface area contributed by atoms with Gasteiger partial charge >= 0.3 is 0 Å². The van der Waals surface area contributed by atoms with Gasteiger partial charge in [0.1, 0.15) is 16.9 Å². The van der Waals surface area contributed by atoms with Crippen LogP contribution in [0.4, 0.5) is 16.0 Å². The maximum atomic E-state index is 13.5. The Balaban J connectivity index is 1.65. The second-order valence-corrected chi connectivity index (χ2v) is 7.33. The van der Waals surface area contributed by atoms with Gasteiger partial charge in [-0.05, 0) is 55.5 Å². The summed E-state index contributed by atoms with van der Waals surface area (Å²) < 4.78 is 15.2. The number of H-pyrrole nitrogens is 1. The van der Waals surface area contributed by atoms with Crippen molar-refractivity contribution >= 4 is 17.2 Å². The maximum absolute atomic E-state index is 13.5. The van der Waals surface area contributed by atoms with E-state index in [9.17, 15) is 4.39 Å². The van der Waals surface area contributed by atoms with Crippen LogP contribution in [-0.4, -0.2) is 24.8 Å². The van der Waals surface area contributed by atoms with Crippen molar-refractivity contribution in [3.8, 4) is 0 Å². The van der Waals surface area contributed by atoms with E-state index in [2.05, 4.69) is 15.5 Å². The third-order valence-corrected chi connectivity index (χ3v) is 5.26. The molecule has 5 rings (SSSR count). The van der Waals surface area contributed by atoms with E-state index in [-0.39, 0.29) is 11.7 Å². The van der Waals surface area contributed by atoms with Crippen LogP contribution >= 0.6 is 0 Å². The standard InChI is InChI=1S/C20H20FN7/c1-12-11-17(26-25-12)23-18-16-3-2-10-28(16)27-19(24-18)20(22,13-4-5-13)14-6-8-15(21)9-7-14/h2-3,6-11,13H,4-5,22H2,1H3,(H2,23,24,25,26,27). The van der Waals surface area contributed by atoms with E-state index in [0.29, 0.717) is 17.5 Å². The van der Waals surface area contributed by atoms with Crippen molar-refractivity contribution in [2.45, 2.75) is 25.3 Å². The van der Waals surface area contributed by atoms with Crippen molar-refractivity contribution < 1.29 is 4.39 Å². The van der Waals surface area contributed by atoms with Crippen molar-refractivity contribution in [3.05, 3.63) is 71.6 Å². The van der Waals surface area contributed by atoms with Crippen molar-refractivity contribution in [1.29, 1.82) is 0 Å². The number of aromatic amines is 1. The molecular weight excluding hydrogens is 357 g/mol. The summed E-state index contributed by atoms with van der Waals surface area (Å²) in [5, 5.41) is 15.1. The average molecular weight is 377 g/mol. The molecule has 0 amide bonds. The monoisotopic (exact) mass is 377 g/mol. The fourth-order valence-corrected chi connectivity index (χ4v) is 3.62. The lowest BCUT2D eigenvalue weighted by molar-refractivity contribution is 0.429. The molecule has 0 aliphatic heterocycles. The molecule has 3 heterocycles. The second kappa shape index (κ2) is 6.13. The molecule has 1 fully saturated rings. The van der Waals surface area contributed by atoms with E-state index in [1.807, 2.05) is 31.3 Å². The molecule has 1 aliphatic carbocycles. The number of hydrogen-bond acceptors (Lipinski definition) is 5. The molecule has 1 atom stereocenters. The van der Waals surface area contributed by atoms with E-state index in [1.165, 1.54) is 12.1 Å². The third kappa shape index (κ3) is 2.73. The number of nitrogens with one attached hydrogen (secondary N) is 2. The van der Waals surface area contributed by atoms with Crippen LogP contribution in [0.25, 0.3) is 5.52 Å². The number of aryl methyl sites for hydroxylation is 1. The zero-order valence-electron chi connectivity index (χ0n) is 15.4. The number of hydrogen-bond donors (Lipinski definition) is 3. The fourth-order valence-electron chi connectivity index (χ4n) is 3.62. The number of fused-ring (bicyclic) bond motifs is 1. The molecule has 7 nitrogen and oxygen atoms in total. The SMILES string of the molecule is Cc1cc(Nc2nc(C(N)(c3ccc(F)cc3)C3CC3)nn3cccc23)n[nH]1. The number of halogens is 1. The minimum Gasteiger partial charge on any atom is -0.322 e. The highest BCUT2D eigenvalue weighted by atomic mass is 19.1. The van der Waals surface area contributed by atoms with E-state index >= 15 is 0 Å². The van der Waals surface area contributed by atoms with Crippen LogP contribution in [0.15, 0.2) is 48.7 Å². The van der Waals surface area contributed by atoms with Gasteiger partial charge in [0.2, 0.25) is 0 Å². The highest BCUT2D eigenvalue weighted by molar-refractivity contribution is 5.72. The summed E-state index contributed by atoms with van der Waals surface area (Å²) in [7, 11) is 0. The summed E-state index contributed by atoms with van der Waals surface area (Å²) in [6.07, 6.45) is 3.84. The van der Waals surface area contributed by atoms with Crippen LogP contribution in [0.5, 0.6) is 0 Å². The van der Waals surface area contributed by atoms with Gasteiger partial charge in [-0.15, -0.1) is 0 Å². The Morgan fingerprint density at radius 3 is 2.71 bits per heavy atom.